The van der Waals surface area contributed by atoms with Gasteiger partial charge in [0.2, 0.25) is 5.89 Å². The Morgan fingerprint density at radius 3 is 2.18 bits per heavy atom. The summed E-state index contributed by atoms with van der Waals surface area (Å²) in [5.41, 5.74) is 4.50. The third kappa shape index (κ3) is 5.09. The average Bonchev–Trinajstić information content (AvgIpc) is 3.22. The monoisotopic (exact) mass is 462 g/mol. The molecule has 0 aliphatic carbocycles. The molecular formula is C24H22N4O4S. The first-order valence-corrected chi connectivity index (χ1v) is 11.6. The molecule has 9 heteroatoms. The molecule has 168 valence electrons. The molecule has 0 aliphatic rings. The second kappa shape index (κ2) is 8.87. The van der Waals surface area contributed by atoms with Crippen LogP contribution in [0.3, 0.4) is 0 Å². The first-order valence-electron chi connectivity index (χ1n) is 10.1. The van der Waals surface area contributed by atoms with Crippen molar-refractivity contribution in [3.8, 4) is 11.5 Å². The summed E-state index contributed by atoms with van der Waals surface area (Å²) in [5, 5.41) is 10.5. The molecule has 3 aromatic carbocycles. The number of anilines is 2. The second-order valence-electron chi connectivity index (χ2n) is 7.68. The summed E-state index contributed by atoms with van der Waals surface area (Å²) in [7, 11) is -3.73. The third-order valence-corrected chi connectivity index (χ3v) is 6.39. The van der Waals surface area contributed by atoms with Gasteiger partial charge < -0.3 is 4.42 Å². The Bertz CT molecular complexity index is 1410. The molecule has 0 aliphatic heterocycles. The van der Waals surface area contributed by atoms with Crippen molar-refractivity contribution >= 4 is 27.6 Å². The van der Waals surface area contributed by atoms with Crippen molar-refractivity contribution < 1.29 is 17.6 Å². The normalized spacial score (nSPS) is 11.2. The van der Waals surface area contributed by atoms with Gasteiger partial charge in [0.05, 0.1) is 4.90 Å². The summed E-state index contributed by atoms with van der Waals surface area (Å²) in [6.07, 6.45) is 0. The van der Waals surface area contributed by atoms with Gasteiger partial charge in [-0.05, 0) is 68.8 Å². The number of rotatable bonds is 6. The molecule has 1 amide bonds. The summed E-state index contributed by atoms with van der Waals surface area (Å²) >= 11 is 0. The van der Waals surface area contributed by atoms with Crippen LogP contribution in [0.25, 0.3) is 11.5 Å². The smallest absolute Gasteiger partial charge is 0.322 e. The lowest BCUT2D eigenvalue weighted by Gasteiger charge is -2.09. The van der Waals surface area contributed by atoms with Gasteiger partial charge in [-0.2, -0.15) is 0 Å². The molecule has 4 rings (SSSR count). The highest BCUT2D eigenvalue weighted by atomic mass is 32.2. The van der Waals surface area contributed by atoms with E-state index in [0.29, 0.717) is 17.1 Å². The highest BCUT2D eigenvalue weighted by Crippen LogP contribution is 2.24. The van der Waals surface area contributed by atoms with Crippen molar-refractivity contribution in [3.63, 3.8) is 0 Å². The predicted octanol–water partition coefficient (Wildman–Crippen LogP) is 4.71. The van der Waals surface area contributed by atoms with E-state index in [1.807, 2.05) is 39.0 Å². The van der Waals surface area contributed by atoms with Gasteiger partial charge in [-0.3, -0.25) is 14.8 Å². The molecule has 4 aromatic rings. The molecule has 0 atom stereocenters. The first-order chi connectivity index (χ1) is 15.7. The van der Waals surface area contributed by atoms with Crippen LogP contribution in [0.2, 0.25) is 0 Å². The molecule has 0 saturated carbocycles. The zero-order chi connectivity index (χ0) is 23.6. The van der Waals surface area contributed by atoms with Gasteiger partial charge in [-0.1, -0.05) is 40.5 Å². The van der Waals surface area contributed by atoms with Crippen LogP contribution in [-0.2, 0) is 10.0 Å². The summed E-state index contributed by atoms with van der Waals surface area (Å²) in [6.45, 7) is 5.82. The van der Waals surface area contributed by atoms with Crippen molar-refractivity contribution in [2.75, 3.05) is 10.0 Å². The average molecular weight is 463 g/mol. The quantitative estimate of drug-likeness (QED) is 0.429. The van der Waals surface area contributed by atoms with E-state index in [1.165, 1.54) is 36.4 Å². The SMILES string of the molecule is Cc1ccc(S(=O)(=O)Nc2ccc(C(=O)Nc3nnc(-c4ccc(C)cc4C)o3)cc2)cc1. The molecule has 0 fully saturated rings. The van der Waals surface area contributed by atoms with Gasteiger partial charge in [-0.15, -0.1) is 5.10 Å². The van der Waals surface area contributed by atoms with E-state index < -0.39 is 15.9 Å². The number of carbonyl (C=O) groups is 1. The predicted molar refractivity (Wildman–Crippen MR) is 126 cm³/mol. The van der Waals surface area contributed by atoms with Crippen LogP contribution in [0.15, 0.2) is 76.0 Å². The van der Waals surface area contributed by atoms with E-state index in [1.54, 1.807) is 12.1 Å². The summed E-state index contributed by atoms with van der Waals surface area (Å²) in [6, 6.07) is 18.4. The van der Waals surface area contributed by atoms with E-state index in [-0.39, 0.29) is 10.9 Å². The Balaban J connectivity index is 1.44. The Kier molecular flexibility index (Phi) is 5.97. The van der Waals surface area contributed by atoms with Crippen LogP contribution < -0.4 is 10.0 Å². The Labute approximate surface area is 191 Å². The lowest BCUT2D eigenvalue weighted by Crippen LogP contribution is -2.14. The minimum Gasteiger partial charge on any atom is -0.403 e. The maximum Gasteiger partial charge on any atom is 0.322 e. The van der Waals surface area contributed by atoms with E-state index in [4.69, 9.17) is 4.42 Å². The van der Waals surface area contributed by atoms with E-state index in [9.17, 15) is 13.2 Å². The molecular weight excluding hydrogens is 440 g/mol. The molecule has 1 heterocycles. The number of hydrogen-bond acceptors (Lipinski definition) is 6. The van der Waals surface area contributed by atoms with Crippen molar-refractivity contribution in [1.82, 2.24) is 10.2 Å². The van der Waals surface area contributed by atoms with Crippen LogP contribution in [-0.4, -0.2) is 24.5 Å². The molecule has 33 heavy (non-hydrogen) atoms. The van der Waals surface area contributed by atoms with Gasteiger partial charge in [-0.25, -0.2) is 8.42 Å². The molecule has 1 aromatic heterocycles. The number of aromatic nitrogens is 2. The van der Waals surface area contributed by atoms with Crippen LogP contribution in [0.5, 0.6) is 0 Å². The van der Waals surface area contributed by atoms with Crippen molar-refractivity contribution in [3.05, 3.63) is 89.0 Å². The number of nitrogens with one attached hydrogen (secondary N) is 2. The number of sulfonamides is 1. The number of nitrogens with zero attached hydrogens (tertiary/aromatic N) is 2. The zero-order valence-corrected chi connectivity index (χ0v) is 19.1. The lowest BCUT2D eigenvalue weighted by atomic mass is 10.1. The number of benzene rings is 3. The summed E-state index contributed by atoms with van der Waals surface area (Å²) < 4.78 is 33.1. The number of hydrogen-bond donors (Lipinski definition) is 2. The second-order valence-corrected chi connectivity index (χ2v) is 9.36. The van der Waals surface area contributed by atoms with Crippen LogP contribution in [0, 0.1) is 20.8 Å². The highest BCUT2D eigenvalue weighted by molar-refractivity contribution is 7.92. The largest absolute Gasteiger partial charge is 0.403 e. The summed E-state index contributed by atoms with van der Waals surface area (Å²) in [4.78, 5) is 12.7. The minimum absolute atomic E-state index is 0.0286. The van der Waals surface area contributed by atoms with Crippen LogP contribution in [0.4, 0.5) is 11.7 Å². The number of aryl methyl sites for hydroxylation is 3. The standard InChI is InChI=1S/C24H22N4O4S/c1-15-4-11-20(12-5-15)33(30,31)28-19-9-7-18(8-10-19)22(29)25-24-27-26-23(32-24)21-13-6-16(2)14-17(21)3/h4-14,28H,1-3H3,(H,25,27,29). The fourth-order valence-electron chi connectivity index (χ4n) is 3.23. The fourth-order valence-corrected chi connectivity index (χ4v) is 4.29. The Morgan fingerprint density at radius 2 is 1.52 bits per heavy atom. The number of carbonyl (C=O) groups excluding carboxylic acids is 1. The molecule has 0 saturated heterocycles. The Hall–Kier alpha value is -3.98. The lowest BCUT2D eigenvalue weighted by molar-refractivity contribution is 0.102. The third-order valence-electron chi connectivity index (χ3n) is 4.99. The van der Waals surface area contributed by atoms with Crippen molar-refractivity contribution in [1.29, 1.82) is 0 Å². The maximum atomic E-state index is 12.5. The van der Waals surface area contributed by atoms with Gasteiger partial charge in [0.25, 0.3) is 15.9 Å². The zero-order valence-electron chi connectivity index (χ0n) is 18.3. The van der Waals surface area contributed by atoms with Crippen LogP contribution >= 0.6 is 0 Å². The van der Waals surface area contributed by atoms with E-state index in [2.05, 4.69) is 20.2 Å². The van der Waals surface area contributed by atoms with Gasteiger partial charge in [0, 0.05) is 16.8 Å². The van der Waals surface area contributed by atoms with Crippen molar-refractivity contribution in [2.45, 2.75) is 25.7 Å². The molecule has 8 nitrogen and oxygen atoms in total. The maximum absolute atomic E-state index is 12.5. The topological polar surface area (TPSA) is 114 Å². The van der Waals surface area contributed by atoms with Crippen molar-refractivity contribution in [2.24, 2.45) is 0 Å². The minimum atomic E-state index is -3.73. The van der Waals surface area contributed by atoms with E-state index in [0.717, 1.165) is 22.3 Å². The molecule has 0 radical (unpaired) electrons. The molecule has 0 spiro atoms. The molecule has 0 bridgehead atoms. The molecule has 2 N–H and O–H groups in total. The van der Waals surface area contributed by atoms with Gasteiger partial charge in [0.1, 0.15) is 0 Å². The first kappa shape index (κ1) is 22.2. The number of amides is 1. The van der Waals surface area contributed by atoms with Gasteiger partial charge >= 0.3 is 6.01 Å². The van der Waals surface area contributed by atoms with E-state index >= 15 is 0 Å². The fraction of sp³-hybridized carbons (Fsp3) is 0.125. The van der Waals surface area contributed by atoms with Crippen LogP contribution in [0.1, 0.15) is 27.0 Å². The summed E-state index contributed by atoms with van der Waals surface area (Å²) in [5.74, 6) is -0.151. The highest BCUT2D eigenvalue weighted by Gasteiger charge is 2.16. The Morgan fingerprint density at radius 1 is 0.848 bits per heavy atom. The van der Waals surface area contributed by atoms with Gasteiger partial charge in [0.15, 0.2) is 0 Å². The molecule has 0 unspecified atom stereocenters.